The van der Waals surface area contributed by atoms with E-state index in [4.69, 9.17) is 5.73 Å². The summed E-state index contributed by atoms with van der Waals surface area (Å²) in [6.07, 6.45) is 0.846. The SMILES string of the molecule is CCn1nc(C)c(N)c1C(=O)N(C)C(C)Cc1cccs1. The first kappa shape index (κ1) is 15.6. The summed E-state index contributed by atoms with van der Waals surface area (Å²) in [5, 5.41) is 6.37. The van der Waals surface area contributed by atoms with Gasteiger partial charge in [-0.15, -0.1) is 11.3 Å². The lowest BCUT2D eigenvalue weighted by molar-refractivity contribution is 0.0732. The number of aryl methyl sites for hydroxylation is 2. The van der Waals surface area contributed by atoms with Crippen LogP contribution in [-0.4, -0.2) is 33.7 Å². The highest BCUT2D eigenvalue weighted by Gasteiger charge is 2.25. The molecular formula is C15H22N4OS. The lowest BCUT2D eigenvalue weighted by Gasteiger charge is -2.25. The second-order valence-corrected chi connectivity index (χ2v) is 6.24. The lowest BCUT2D eigenvalue weighted by Crippen LogP contribution is -2.37. The van der Waals surface area contributed by atoms with Gasteiger partial charge in [0.2, 0.25) is 0 Å². The van der Waals surface area contributed by atoms with Crippen molar-refractivity contribution in [3.63, 3.8) is 0 Å². The zero-order valence-electron chi connectivity index (χ0n) is 13.0. The van der Waals surface area contributed by atoms with E-state index in [-0.39, 0.29) is 11.9 Å². The summed E-state index contributed by atoms with van der Waals surface area (Å²) in [5.74, 6) is -0.0704. The third kappa shape index (κ3) is 3.10. The van der Waals surface area contributed by atoms with Crippen LogP contribution >= 0.6 is 11.3 Å². The first-order valence-electron chi connectivity index (χ1n) is 7.08. The van der Waals surface area contributed by atoms with Gasteiger partial charge in [-0.25, -0.2) is 0 Å². The van der Waals surface area contributed by atoms with Crippen LogP contribution in [0.4, 0.5) is 5.69 Å². The molecule has 2 N–H and O–H groups in total. The Bertz CT molecular complexity index is 618. The highest BCUT2D eigenvalue weighted by atomic mass is 32.1. The van der Waals surface area contributed by atoms with E-state index in [1.165, 1.54) is 4.88 Å². The van der Waals surface area contributed by atoms with Gasteiger partial charge in [0.25, 0.3) is 5.91 Å². The fourth-order valence-corrected chi connectivity index (χ4v) is 3.10. The van der Waals surface area contributed by atoms with Crippen molar-refractivity contribution < 1.29 is 4.79 Å². The Kier molecular flexibility index (Phi) is 4.67. The molecular weight excluding hydrogens is 284 g/mol. The number of nitrogens with two attached hydrogens (primary N) is 1. The smallest absolute Gasteiger partial charge is 0.274 e. The zero-order chi connectivity index (χ0) is 15.6. The van der Waals surface area contributed by atoms with Crippen LogP contribution in [0.3, 0.4) is 0 Å². The van der Waals surface area contributed by atoms with Crippen molar-refractivity contribution >= 4 is 22.9 Å². The number of amides is 1. The van der Waals surface area contributed by atoms with Gasteiger partial charge in [0.15, 0.2) is 0 Å². The molecule has 114 valence electrons. The fraction of sp³-hybridized carbons (Fsp3) is 0.467. The van der Waals surface area contributed by atoms with Crippen LogP contribution in [-0.2, 0) is 13.0 Å². The first-order valence-corrected chi connectivity index (χ1v) is 7.96. The Morgan fingerprint density at radius 1 is 1.57 bits per heavy atom. The van der Waals surface area contributed by atoms with Crippen molar-refractivity contribution in [1.82, 2.24) is 14.7 Å². The van der Waals surface area contributed by atoms with Gasteiger partial charge in [-0.1, -0.05) is 6.07 Å². The molecule has 2 aromatic rings. The van der Waals surface area contributed by atoms with Gasteiger partial charge in [0.1, 0.15) is 5.69 Å². The van der Waals surface area contributed by atoms with Crippen molar-refractivity contribution in [3.8, 4) is 0 Å². The van der Waals surface area contributed by atoms with Crippen molar-refractivity contribution in [2.24, 2.45) is 0 Å². The minimum Gasteiger partial charge on any atom is -0.395 e. The predicted octanol–water partition coefficient (Wildman–Crippen LogP) is 2.56. The highest BCUT2D eigenvalue weighted by Crippen LogP contribution is 2.20. The van der Waals surface area contributed by atoms with Gasteiger partial charge in [-0.2, -0.15) is 5.10 Å². The molecule has 0 bridgehead atoms. The normalized spacial score (nSPS) is 12.4. The number of hydrogen-bond donors (Lipinski definition) is 1. The summed E-state index contributed by atoms with van der Waals surface area (Å²) in [4.78, 5) is 15.7. The van der Waals surface area contributed by atoms with Crippen LogP contribution in [0, 0.1) is 6.92 Å². The van der Waals surface area contributed by atoms with E-state index in [0.717, 1.165) is 6.42 Å². The van der Waals surface area contributed by atoms with Gasteiger partial charge in [0.05, 0.1) is 11.4 Å². The summed E-state index contributed by atoms with van der Waals surface area (Å²) in [6.45, 7) is 6.46. The third-order valence-electron chi connectivity index (χ3n) is 3.73. The maximum absolute atomic E-state index is 12.7. The molecule has 6 heteroatoms. The molecule has 0 spiro atoms. The fourth-order valence-electron chi connectivity index (χ4n) is 2.27. The predicted molar refractivity (Wildman–Crippen MR) is 86.6 cm³/mol. The van der Waals surface area contributed by atoms with Crippen LogP contribution in [0.25, 0.3) is 0 Å². The Balaban J connectivity index is 2.19. The number of nitrogen functional groups attached to an aromatic ring is 1. The number of aromatic nitrogens is 2. The second-order valence-electron chi connectivity index (χ2n) is 5.21. The summed E-state index contributed by atoms with van der Waals surface area (Å²) in [5.41, 5.74) is 7.71. The standard InChI is InChI=1S/C15H22N4OS/c1-5-19-14(13(16)11(3)17-19)15(20)18(4)10(2)9-12-7-6-8-21-12/h6-8,10H,5,9,16H2,1-4H3. The van der Waals surface area contributed by atoms with Crippen LogP contribution in [0.5, 0.6) is 0 Å². The average molecular weight is 306 g/mol. The molecule has 1 amide bonds. The van der Waals surface area contributed by atoms with E-state index in [2.05, 4.69) is 16.5 Å². The number of thiophene rings is 1. The van der Waals surface area contributed by atoms with Crippen molar-refractivity contribution in [2.75, 3.05) is 12.8 Å². The maximum atomic E-state index is 12.7. The number of likely N-dealkylation sites (N-methyl/N-ethyl adjacent to an activating group) is 1. The number of hydrogen-bond acceptors (Lipinski definition) is 4. The molecule has 0 aliphatic carbocycles. The summed E-state index contributed by atoms with van der Waals surface area (Å²) < 4.78 is 1.68. The molecule has 0 radical (unpaired) electrons. The Hall–Kier alpha value is -1.82. The third-order valence-corrected chi connectivity index (χ3v) is 4.63. The largest absolute Gasteiger partial charge is 0.395 e. The van der Waals surface area contributed by atoms with E-state index >= 15 is 0 Å². The van der Waals surface area contributed by atoms with Gasteiger partial charge in [-0.05, 0) is 32.2 Å². The summed E-state index contributed by atoms with van der Waals surface area (Å²) in [7, 11) is 1.82. The van der Waals surface area contributed by atoms with E-state index < -0.39 is 0 Å². The zero-order valence-corrected chi connectivity index (χ0v) is 13.8. The molecule has 5 nitrogen and oxygen atoms in total. The minimum atomic E-state index is -0.0704. The van der Waals surface area contributed by atoms with E-state index in [0.29, 0.717) is 23.6 Å². The molecule has 0 fully saturated rings. The number of carbonyl (C=O) groups excluding carboxylic acids is 1. The topological polar surface area (TPSA) is 64.2 Å². The number of carbonyl (C=O) groups is 1. The molecule has 2 aromatic heterocycles. The monoisotopic (exact) mass is 306 g/mol. The van der Waals surface area contributed by atoms with E-state index in [9.17, 15) is 4.79 Å². The van der Waals surface area contributed by atoms with Crippen LogP contribution in [0.1, 0.15) is 34.9 Å². The number of nitrogens with zero attached hydrogens (tertiary/aromatic N) is 3. The number of anilines is 1. The molecule has 1 atom stereocenters. The van der Waals surface area contributed by atoms with Crippen LogP contribution in [0.2, 0.25) is 0 Å². The molecule has 0 aromatic carbocycles. The molecule has 0 aliphatic rings. The Morgan fingerprint density at radius 3 is 2.86 bits per heavy atom. The van der Waals surface area contributed by atoms with Gasteiger partial charge in [-0.3, -0.25) is 9.48 Å². The van der Waals surface area contributed by atoms with Crippen molar-refractivity contribution in [3.05, 3.63) is 33.8 Å². The van der Waals surface area contributed by atoms with Gasteiger partial charge in [0, 0.05) is 30.9 Å². The van der Waals surface area contributed by atoms with Crippen LogP contribution in [0.15, 0.2) is 17.5 Å². The molecule has 1 unspecified atom stereocenters. The average Bonchev–Trinajstić information content (AvgIpc) is 3.06. The Labute approximate surface area is 129 Å². The molecule has 2 heterocycles. The van der Waals surface area contributed by atoms with E-state index in [1.54, 1.807) is 20.9 Å². The quantitative estimate of drug-likeness (QED) is 0.923. The molecule has 0 saturated carbocycles. The molecule has 0 aliphatic heterocycles. The minimum absolute atomic E-state index is 0.0704. The lowest BCUT2D eigenvalue weighted by atomic mass is 10.1. The van der Waals surface area contributed by atoms with Crippen molar-refractivity contribution in [2.45, 2.75) is 39.8 Å². The highest BCUT2D eigenvalue weighted by molar-refractivity contribution is 7.09. The maximum Gasteiger partial charge on any atom is 0.274 e. The number of rotatable bonds is 5. The Morgan fingerprint density at radius 2 is 2.29 bits per heavy atom. The van der Waals surface area contributed by atoms with E-state index in [1.807, 2.05) is 33.9 Å². The second kappa shape index (κ2) is 6.30. The van der Waals surface area contributed by atoms with Gasteiger partial charge < -0.3 is 10.6 Å². The molecule has 2 rings (SSSR count). The van der Waals surface area contributed by atoms with Crippen LogP contribution < -0.4 is 5.73 Å². The first-order chi connectivity index (χ1) is 9.95. The van der Waals surface area contributed by atoms with Gasteiger partial charge >= 0.3 is 0 Å². The molecule has 0 saturated heterocycles. The summed E-state index contributed by atoms with van der Waals surface area (Å²) >= 11 is 1.71. The molecule has 21 heavy (non-hydrogen) atoms. The van der Waals surface area contributed by atoms with Crippen molar-refractivity contribution in [1.29, 1.82) is 0 Å². The summed E-state index contributed by atoms with van der Waals surface area (Å²) in [6, 6.07) is 4.23.